The summed E-state index contributed by atoms with van der Waals surface area (Å²) in [5.41, 5.74) is 2.83. The maximum atomic E-state index is 12.8. The van der Waals surface area contributed by atoms with Gasteiger partial charge in [-0.25, -0.2) is 4.98 Å². The Bertz CT molecular complexity index is 1050. The molecule has 0 unspecified atom stereocenters. The van der Waals surface area contributed by atoms with E-state index in [1.807, 2.05) is 35.8 Å². The monoisotopic (exact) mass is 379 g/mol. The highest BCUT2D eigenvalue weighted by molar-refractivity contribution is 6.06. The zero-order valence-electron chi connectivity index (χ0n) is 15.8. The maximum absolute atomic E-state index is 12.8. The first-order valence-corrected chi connectivity index (χ1v) is 9.23. The Hall–Kier alpha value is -3.42. The lowest BCUT2D eigenvalue weighted by atomic mass is 10.1. The second-order valence-electron chi connectivity index (χ2n) is 6.94. The Labute approximate surface area is 161 Å². The van der Waals surface area contributed by atoms with E-state index in [-0.39, 0.29) is 11.7 Å². The van der Waals surface area contributed by atoms with Crippen molar-refractivity contribution >= 4 is 23.3 Å². The first-order chi connectivity index (χ1) is 13.5. The van der Waals surface area contributed by atoms with Gasteiger partial charge in [0.15, 0.2) is 17.3 Å². The molecule has 0 aliphatic carbocycles. The lowest BCUT2D eigenvalue weighted by molar-refractivity contribution is 0.101. The van der Waals surface area contributed by atoms with Gasteiger partial charge in [-0.15, -0.1) is 0 Å². The lowest BCUT2D eigenvalue weighted by Crippen LogP contribution is -2.21. The van der Waals surface area contributed by atoms with Gasteiger partial charge in [-0.05, 0) is 50.8 Å². The number of carbonyl (C=O) groups excluding carboxylic acids is 2. The number of carbonyl (C=O) groups is 2. The van der Waals surface area contributed by atoms with Crippen LogP contribution in [-0.4, -0.2) is 26.5 Å². The van der Waals surface area contributed by atoms with Crippen LogP contribution < -0.4 is 10.6 Å². The highest BCUT2D eigenvalue weighted by atomic mass is 16.5. The molecule has 2 aromatic heterocycles. The van der Waals surface area contributed by atoms with Gasteiger partial charge in [-0.3, -0.25) is 9.59 Å². The van der Waals surface area contributed by atoms with Crippen molar-refractivity contribution in [3.63, 3.8) is 0 Å². The van der Waals surface area contributed by atoms with Crippen molar-refractivity contribution in [2.75, 3.05) is 10.6 Å². The van der Waals surface area contributed by atoms with Gasteiger partial charge in [-0.1, -0.05) is 17.3 Å². The van der Waals surface area contributed by atoms with Gasteiger partial charge in [0, 0.05) is 18.3 Å². The van der Waals surface area contributed by atoms with Crippen molar-refractivity contribution in [3.8, 4) is 0 Å². The minimum atomic E-state index is -0.411. The van der Waals surface area contributed by atoms with Gasteiger partial charge < -0.3 is 19.7 Å². The summed E-state index contributed by atoms with van der Waals surface area (Å²) in [7, 11) is 0. The van der Waals surface area contributed by atoms with Crippen LogP contribution in [0.5, 0.6) is 0 Å². The van der Waals surface area contributed by atoms with Crippen molar-refractivity contribution in [1.29, 1.82) is 0 Å². The van der Waals surface area contributed by atoms with Crippen LogP contribution in [-0.2, 0) is 13.0 Å². The number of aromatic nitrogens is 3. The van der Waals surface area contributed by atoms with E-state index in [9.17, 15) is 9.59 Å². The molecule has 2 amide bonds. The van der Waals surface area contributed by atoms with Gasteiger partial charge >= 0.3 is 0 Å². The summed E-state index contributed by atoms with van der Waals surface area (Å²) < 4.78 is 6.81. The van der Waals surface area contributed by atoms with Gasteiger partial charge in [0.25, 0.3) is 11.8 Å². The van der Waals surface area contributed by atoms with Gasteiger partial charge in [0.05, 0.1) is 5.69 Å². The number of nitrogens with zero attached hydrogens (tertiary/aromatic N) is 3. The number of nitrogens with one attached hydrogen (secondary N) is 2. The summed E-state index contributed by atoms with van der Waals surface area (Å²) in [4.78, 5) is 30.0. The first kappa shape index (κ1) is 18.0. The van der Waals surface area contributed by atoms with Crippen LogP contribution in [0.4, 0.5) is 11.5 Å². The molecule has 2 N–H and O–H groups in total. The molecular weight excluding hydrogens is 358 g/mol. The van der Waals surface area contributed by atoms with Crippen LogP contribution in [0.2, 0.25) is 0 Å². The molecule has 0 atom stereocenters. The fourth-order valence-electron chi connectivity index (χ4n) is 3.41. The van der Waals surface area contributed by atoms with Crippen LogP contribution >= 0.6 is 0 Å². The van der Waals surface area contributed by atoms with Crippen LogP contribution in [0.15, 0.2) is 34.9 Å². The van der Waals surface area contributed by atoms with Crippen molar-refractivity contribution in [3.05, 3.63) is 58.9 Å². The third-order valence-corrected chi connectivity index (χ3v) is 4.68. The molecule has 0 spiro atoms. The van der Waals surface area contributed by atoms with Crippen molar-refractivity contribution in [1.82, 2.24) is 14.7 Å². The van der Waals surface area contributed by atoms with Crippen LogP contribution in [0.25, 0.3) is 0 Å². The first-order valence-electron chi connectivity index (χ1n) is 9.23. The summed E-state index contributed by atoms with van der Waals surface area (Å²) in [6, 6.07) is 9.19. The molecule has 1 aliphatic rings. The second kappa shape index (κ2) is 7.30. The van der Waals surface area contributed by atoms with Crippen LogP contribution in [0, 0.1) is 13.8 Å². The average molecular weight is 379 g/mol. The van der Waals surface area contributed by atoms with Crippen molar-refractivity contribution in [2.45, 2.75) is 39.7 Å². The van der Waals surface area contributed by atoms with Gasteiger partial charge in [0.2, 0.25) is 0 Å². The van der Waals surface area contributed by atoms with Crippen LogP contribution in [0.1, 0.15) is 51.0 Å². The third kappa shape index (κ3) is 3.53. The van der Waals surface area contributed by atoms with Crippen LogP contribution in [0.3, 0.4) is 0 Å². The molecule has 1 aliphatic heterocycles. The van der Waals surface area contributed by atoms with E-state index in [1.165, 1.54) is 0 Å². The molecule has 4 rings (SSSR count). The second-order valence-corrected chi connectivity index (χ2v) is 6.94. The Kier molecular flexibility index (Phi) is 4.68. The maximum Gasteiger partial charge on any atom is 0.292 e. The van der Waals surface area contributed by atoms with E-state index in [4.69, 9.17) is 4.52 Å². The molecule has 8 nitrogen and oxygen atoms in total. The van der Waals surface area contributed by atoms with Gasteiger partial charge in [-0.2, -0.15) is 0 Å². The lowest BCUT2D eigenvalue weighted by Gasteiger charge is -2.16. The summed E-state index contributed by atoms with van der Waals surface area (Å²) in [5.74, 6) is 0.406. The minimum Gasteiger partial charge on any atom is -0.360 e. The van der Waals surface area contributed by atoms with Crippen molar-refractivity contribution < 1.29 is 14.1 Å². The normalized spacial score (nSPS) is 13.1. The number of imidazole rings is 1. The molecule has 28 heavy (non-hydrogen) atoms. The molecule has 3 heterocycles. The molecule has 8 heteroatoms. The number of aryl methyl sites for hydroxylation is 2. The van der Waals surface area contributed by atoms with E-state index in [0.29, 0.717) is 35.9 Å². The number of benzene rings is 1. The predicted octanol–water partition coefficient (Wildman–Crippen LogP) is 3.33. The number of hydrogen-bond acceptors (Lipinski definition) is 5. The largest absolute Gasteiger partial charge is 0.360 e. The number of fused-ring (bicyclic) bond motifs is 1. The molecule has 3 aromatic rings. The smallest absolute Gasteiger partial charge is 0.292 e. The molecule has 1 aromatic carbocycles. The van der Waals surface area contributed by atoms with E-state index in [0.717, 1.165) is 24.1 Å². The molecule has 0 radical (unpaired) electrons. The van der Waals surface area contributed by atoms with E-state index in [1.54, 1.807) is 13.0 Å². The quantitative estimate of drug-likeness (QED) is 0.724. The highest BCUT2D eigenvalue weighted by Crippen LogP contribution is 2.23. The molecular formula is C20H21N5O3. The molecule has 0 bridgehead atoms. The zero-order valence-corrected chi connectivity index (χ0v) is 15.8. The SMILES string of the molecule is Cc1cccc(NC(=O)c2nc(C(=O)Nc3cc(C)on3)n3c2CCCC3)c1. The Morgan fingerprint density at radius 2 is 1.96 bits per heavy atom. The highest BCUT2D eigenvalue weighted by Gasteiger charge is 2.28. The molecule has 0 saturated heterocycles. The Morgan fingerprint density at radius 1 is 1.11 bits per heavy atom. The summed E-state index contributed by atoms with van der Waals surface area (Å²) in [6.07, 6.45) is 2.60. The standard InChI is InChI=1S/C20H21N5O3/c1-12-6-5-7-14(10-12)21-19(26)17-15-8-3-4-9-25(15)18(23-17)20(27)22-16-11-13(2)28-24-16/h5-7,10-11H,3-4,8-9H2,1-2H3,(H,21,26)(H,22,24,27). The summed E-state index contributed by atoms with van der Waals surface area (Å²) >= 11 is 0. The Morgan fingerprint density at radius 3 is 2.71 bits per heavy atom. The number of rotatable bonds is 4. The number of anilines is 2. The van der Waals surface area contributed by atoms with Crippen molar-refractivity contribution in [2.24, 2.45) is 0 Å². The zero-order chi connectivity index (χ0) is 19.7. The topological polar surface area (TPSA) is 102 Å². The average Bonchev–Trinajstić information content (AvgIpc) is 3.25. The summed E-state index contributed by atoms with van der Waals surface area (Å²) in [6.45, 7) is 4.36. The molecule has 0 saturated carbocycles. The van der Waals surface area contributed by atoms with Gasteiger partial charge in [0.1, 0.15) is 5.76 Å². The fourth-order valence-corrected chi connectivity index (χ4v) is 3.41. The predicted molar refractivity (Wildman–Crippen MR) is 103 cm³/mol. The number of amides is 2. The molecule has 144 valence electrons. The molecule has 0 fully saturated rings. The van der Waals surface area contributed by atoms with E-state index in [2.05, 4.69) is 20.8 Å². The van der Waals surface area contributed by atoms with E-state index >= 15 is 0 Å². The summed E-state index contributed by atoms with van der Waals surface area (Å²) in [5, 5.41) is 9.34. The number of hydrogen-bond donors (Lipinski definition) is 2. The fraction of sp³-hybridized carbons (Fsp3) is 0.300. The van der Waals surface area contributed by atoms with E-state index < -0.39 is 5.91 Å². The minimum absolute atomic E-state index is 0.213. The third-order valence-electron chi connectivity index (χ3n) is 4.68. The Balaban J connectivity index is 1.63.